The first kappa shape index (κ1) is 15.7. The molecule has 0 aliphatic carbocycles. The van der Waals surface area contributed by atoms with Crippen molar-refractivity contribution in [3.05, 3.63) is 23.2 Å². The molecule has 1 unspecified atom stereocenters. The van der Waals surface area contributed by atoms with Gasteiger partial charge in [0.05, 0.1) is 15.2 Å². The third kappa shape index (κ3) is 4.15. The number of carbonyl (C=O) groups excluding carboxylic acids is 1. The Kier molecular flexibility index (Phi) is 5.14. The van der Waals surface area contributed by atoms with Crippen LogP contribution in [0.4, 0.5) is 10.5 Å². The Morgan fingerprint density at radius 2 is 2.19 bits per heavy atom. The number of aliphatic hydroxyl groups is 1. The van der Waals surface area contributed by atoms with Gasteiger partial charge in [0, 0.05) is 18.3 Å². The number of carbonyl (C=O) groups is 1. The van der Waals surface area contributed by atoms with Crippen LogP contribution in [0.5, 0.6) is 0 Å². The molecule has 0 saturated carbocycles. The van der Waals surface area contributed by atoms with Crippen LogP contribution in [0.2, 0.25) is 0 Å². The highest BCUT2D eigenvalue weighted by molar-refractivity contribution is 7.18. The average molecular weight is 307 g/mol. The smallest absolute Gasteiger partial charge is 0.319 e. The monoisotopic (exact) mass is 307 g/mol. The minimum absolute atomic E-state index is 0.0376. The number of hydrogen-bond acceptors (Lipinski definition) is 4. The van der Waals surface area contributed by atoms with Crippen LogP contribution in [0.3, 0.4) is 0 Å². The summed E-state index contributed by atoms with van der Waals surface area (Å²) in [5.41, 5.74) is 1.69. The van der Waals surface area contributed by atoms with E-state index < -0.39 is 0 Å². The molecule has 0 spiro atoms. The minimum Gasteiger partial charge on any atom is -0.396 e. The number of rotatable bonds is 5. The van der Waals surface area contributed by atoms with Crippen LogP contribution < -0.4 is 10.6 Å². The number of thiazole rings is 1. The Hall–Kier alpha value is -1.66. The van der Waals surface area contributed by atoms with E-state index in [1.165, 1.54) is 0 Å². The molecule has 0 saturated heterocycles. The first-order valence-electron chi connectivity index (χ1n) is 7.05. The van der Waals surface area contributed by atoms with Gasteiger partial charge in [-0.2, -0.15) is 0 Å². The molecule has 1 aromatic heterocycles. The molecule has 6 heteroatoms. The topological polar surface area (TPSA) is 74.2 Å². The Balaban J connectivity index is 2.03. The summed E-state index contributed by atoms with van der Waals surface area (Å²) in [6, 6.07) is 5.39. The third-order valence-electron chi connectivity index (χ3n) is 3.31. The summed E-state index contributed by atoms with van der Waals surface area (Å²) >= 11 is 1.60. The molecule has 0 fully saturated rings. The van der Waals surface area contributed by atoms with E-state index in [2.05, 4.69) is 15.6 Å². The Bertz CT molecular complexity index is 624. The van der Waals surface area contributed by atoms with E-state index in [0.29, 0.717) is 6.42 Å². The van der Waals surface area contributed by atoms with Crippen LogP contribution in [0.25, 0.3) is 10.2 Å². The summed E-state index contributed by atoms with van der Waals surface area (Å²) in [6.45, 7) is 6.07. The zero-order valence-electron chi connectivity index (χ0n) is 12.5. The summed E-state index contributed by atoms with van der Waals surface area (Å²) in [5.74, 6) is 0.273. The van der Waals surface area contributed by atoms with Gasteiger partial charge in [-0.05, 0) is 37.5 Å². The van der Waals surface area contributed by atoms with Crippen molar-refractivity contribution in [1.29, 1.82) is 0 Å². The average Bonchev–Trinajstić information content (AvgIpc) is 2.77. The van der Waals surface area contributed by atoms with Crippen LogP contribution in [0.1, 0.15) is 25.3 Å². The molecule has 21 heavy (non-hydrogen) atoms. The maximum absolute atomic E-state index is 12.0. The summed E-state index contributed by atoms with van der Waals surface area (Å²) in [4.78, 5) is 16.4. The highest BCUT2D eigenvalue weighted by Gasteiger charge is 2.15. The second kappa shape index (κ2) is 6.87. The van der Waals surface area contributed by atoms with Gasteiger partial charge >= 0.3 is 6.03 Å². The molecule has 1 heterocycles. The van der Waals surface area contributed by atoms with Crippen LogP contribution in [-0.2, 0) is 0 Å². The lowest BCUT2D eigenvalue weighted by Gasteiger charge is -2.21. The van der Waals surface area contributed by atoms with Gasteiger partial charge in [0.2, 0.25) is 0 Å². The van der Waals surface area contributed by atoms with Crippen molar-refractivity contribution < 1.29 is 9.90 Å². The molecule has 1 atom stereocenters. The van der Waals surface area contributed by atoms with Crippen LogP contribution in [0, 0.1) is 12.8 Å². The zero-order chi connectivity index (χ0) is 15.4. The van der Waals surface area contributed by atoms with Crippen molar-refractivity contribution >= 4 is 33.3 Å². The molecule has 2 rings (SSSR count). The maximum atomic E-state index is 12.0. The Labute approximate surface area is 128 Å². The fourth-order valence-corrected chi connectivity index (χ4v) is 3.03. The van der Waals surface area contributed by atoms with E-state index in [-0.39, 0.29) is 24.6 Å². The molecule has 3 N–H and O–H groups in total. The number of aliphatic hydroxyl groups excluding tert-OH is 1. The SMILES string of the molecule is Cc1nc2ccc(NC(=O)NC(CCO)C(C)C)cc2s1. The first-order chi connectivity index (χ1) is 9.99. The summed E-state index contributed by atoms with van der Waals surface area (Å²) in [5, 5.41) is 15.8. The molecule has 0 aliphatic rings. The lowest BCUT2D eigenvalue weighted by molar-refractivity contribution is 0.227. The van der Waals surface area contributed by atoms with E-state index in [1.54, 1.807) is 11.3 Å². The van der Waals surface area contributed by atoms with Gasteiger partial charge in [-0.25, -0.2) is 9.78 Å². The van der Waals surface area contributed by atoms with Gasteiger partial charge in [-0.15, -0.1) is 11.3 Å². The van der Waals surface area contributed by atoms with E-state index in [1.807, 2.05) is 39.0 Å². The minimum atomic E-state index is -0.247. The largest absolute Gasteiger partial charge is 0.396 e. The highest BCUT2D eigenvalue weighted by Crippen LogP contribution is 2.24. The number of aromatic nitrogens is 1. The number of aryl methyl sites for hydroxylation is 1. The van der Waals surface area contributed by atoms with E-state index in [0.717, 1.165) is 20.9 Å². The van der Waals surface area contributed by atoms with Crippen LogP contribution in [0.15, 0.2) is 18.2 Å². The van der Waals surface area contributed by atoms with E-state index in [4.69, 9.17) is 5.11 Å². The molecule has 2 amide bonds. The predicted molar refractivity (Wildman–Crippen MR) is 86.8 cm³/mol. The Morgan fingerprint density at radius 1 is 1.43 bits per heavy atom. The van der Waals surface area contributed by atoms with Crippen LogP contribution in [-0.4, -0.2) is 28.8 Å². The van der Waals surface area contributed by atoms with Crippen molar-refractivity contribution in [2.75, 3.05) is 11.9 Å². The van der Waals surface area contributed by atoms with Gasteiger partial charge in [0.15, 0.2) is 0 Å². The summed E-state index contributed by atoms with van der Waals surface area (Å²) in [7, 11) is 0. The third-order valence-corrected chi connectivity index (χ3v) is 4.25. The quantitative estimate of drug-likeness (QED) is 0.794. The number of nitrogens with zero attached hydrogens (tertiary/aromatic N) is 1. The number of urea groups is 1. The molecule has 5 nitrogen and oxygen atoms in total. The summed E-state index contributed by atoms with van der Waals surface area (Å²) in [6.07, 6.45) is 0.554. The lowest BCUT2D eigenvalue weighted by atomic mass is 10.0. The van der Waals surface area contributed by atoms with Crippen molar-refractivity contribution in [1.82, 2.24) is 10.3 Å². The van der Waals surface area contributed by atoms with Gasteiger partial charge in [-0.3, -0.25) is 0 Å². The predicted octanol–water partition coefficient (Wildman–Crippen LogP) is 3.13. The van der Waals surface area contributed by atoms with Gasteiger partial charge in [0.25, 0.3) is 0 Å². The lowest BCUT2D eigenvalue weighted by Crippen LogP contribution is -2.41. The fraction of sp³-hybridized carbons (Fsp3) is 0.467. The van der Waals surface area contributed by atoms with Crippen molar-refractivity contribution in [3.63, 3.8) is 0 Å². The van der Waals surface area contributed by atoms with Crippen LogP contribution >= 0.6 is 11.3 Å². The number of fused-ring (bicyclic) bond motifs is 1. The number of nitrogens with one attached hydrogen (secondary N) is 2. The zero-order valence-corrected chi connectivity index (χ0v) is 13.3. The Morgan fingerprint density at radius 3 is 2.86 bits per heavy atom. The van der Waals surface area contributed by atoms with E-state index in [9.17, 15) is 4.79 Å². The van der Waals surface area contributed by atoms with Gasteiger partial charge in [-0.1, -0.05) is 13.8 Å². The number of anilines is 1. The first-order valence-corrected chi connectivity index (χ1v) is 7.87. The normalized spacial score (nSPS) is 12.6. The molecular weight excluding hydrogens is 286 g/mol. The molecule has 1 aromatic carbocycles. The van der Waals surface area contributed by atoms with E-state index >= 15 is 0 Å². The fourth-order valence-electron chi connectivity index (χ4n) is 2.16. The molecule has 114 valence electrons. The number of amides is 2. The van der Waals surface area contributed by atoms with Gasteiger partial charge < -0.3 is 15.7 Å². The standard InChI is InChI=1S/C15H21N3O2S/c1-9(2)12(6-7-19)18-15(20)17-11-4-5-13-14(8-11)21-10(3)16-13/h4-5,8-9,12,19H,6-7H2,1-3H3,(H2,17,18,20). The summed E-state index contributed by atoms with van der Waals surface area (Å²) < 4.78 is 1.06. The maximum Gasteiger partial charge on any atom is 0.319 e. The van der Waals surface area contributed by atoms with Gasteiger partial charge in [0.1, 0.15) is 0 Å². The molecule has 0 bridgehead atoms. The molecule has 0 aliphatic heterocycles. The van der Waals surface area contributed by atoms with Crippen molar-refractivity contribution in [3.8, 4) is 0 Å². The second-order valence-electron chi connectivity index (χ2n) is 5.38. The van der Waals surface area contributed by atoms with Crippen molar-refractivity contribution in [2.24, 2.45) is 5.92 Å². The highest BCUT2D eigenvalue weighted by atomic mass is 32.1. The number of hydrogen-bond donors (Lipinski definition) is 3. The molecule has 2 aromatic rings. The number of benzene rings is 1. The second-order valence-corrected chi connectivity index (χ2v) is 6.61. The molecular formula is C15H21N3O2S. The van der Waals surface area contributed by atoms with Crippen molar-refractivity contribution in [2.45, 2.75) is 33.2 Å². The molecule has 0 radical (unpaired) electrons.